The summed E-state index contributed by atoms with van der Waals surface area (Å²) in [5, 5.41) is 16.8. The summed E-state index contributed by atoms with van der Waals surface area (Å²) in [6.07, 6.45) is 0. The van der Waals surface area contributed by atoms with Crippen LogP contribution in [0.1, 0.15) is 5.56 Å². The Morgan fingerprint density at radius 1 is 1.38 bits per heavy atom. The summed E-state index contributed by atoms with van der Waals surface area (Å²) in [5.41, 5.74) is -0.217. The summed E-state index contributed by atoms with van der Waals surface area (Å²) in [5.74, 6) is -1.43. The molecule has 7 heteroatoms. The van der Waals surface area contributed by atoms with E-state index in [4.69, 9.17) is 10.5 Å². The number of nitrogens with zero attached hydrogens (tertiary/aromatic N) is 2. The predicted octanol–water partition coefficient (Wildman–Crippen LogP) is 0.963. The molecule has 1 aromatic carbocycles. The van der Waals surface area contributed by atoms with Crippen molar-refractivity contribution in [1.82, 2.24) is 0 Å². The van der Waals surface area contributed by atoms with Gasteiger partial charge >= 0.3 is 0 Å². The van der Waals surface area contributed by atoms with E-state index in [1.165, 1.54) is 12.1 Å². The maximum Gasteiger partial charge on any atom is 0.246 e. The molecule has 1 rings (SSSR count). The normalized spacial score (nSPS) is 10.2. The lowest BCUT2D eigenvalue weighted by atomic mass is 10.2. The minimum atomic E-state index is -3.77. The van der Waals surface area contributed by atoms with Crippen LogP contribution in [0.3, 0.4) is 0 Å². The van der Waals surface area contributed by atoms with E-state index in [1.807, 2.05) is 0 Å². The van der Waals surface area contributed by atoms with Crippen molar-refractivity contribution in [1.29, 1.82) is 10.5 Å². The Labute approximate surface area is 91.8 Å². The number of hydrogen-bond donors (Lipinski definition) is 1. The third-order valence-electron chi connectivity index (χ3n) is 1.61. The van der Waals surface area contributed by atoms with Gasteiger partial charge in [0.2, 0.25) is 10.0 Å². The molecule has 1 aromatic rings. The Kier molecular flexibility index (Phi) is 3.44. The number of halogens is 1. The second-order valence-corrected chi connectivity index (χ2v) is 4.55. The van der Waals surface area contributed by atoms with Crippen molar-refractivity contribution >= 4 is 15.7 Å². The molecule has 1 N–H and O–H groups in total. The van der Waals surface area contributed by atoms with Crippen LogP contribution in [-0.2, 0) is 10.0 Å². The van der Waals surface area contributed by atoms with Gasteiger partial charge in [-0.25, -0.2) is 12.8 Å². The molecule has 0 amide bonds. The highest BCUT2D eigenvalue weighted by Crippen LogP contribution is 2.15. The molecule has 0 spiro atoms. The van der Waals surface area contributed by atoms with Gasteiger partial charge in [0, 0.05) is 0 Å². The van der Waals surface area contributed by atoms with Gasteiger partial charge in [-0.3, -0.25) is 4.72 Å². The van der Waals surface area contributed by atoms with Crippen molar-refractivity contribution in [3.63, 3.8) is 0 Å². The molecule has 82 valence electrons. The summed E-state index contributed by atoms with van der Waals surface area (Å²) < 4.78 is 37.3. The van der Waals surface area contributed by atoms with E-state index >= 15 is 0 Å². The molecule has 0 saturated carbocycles. The van der Waals surface area contributed by atoms with Crippen LogP contribution in [0.25, 0.3) is 0 Å². The standard InChI is InChI=1S/C9H6FN3O2S/c10-9-2-1-8(5-7(9)6-12)13-16(14,15)4-3-11/h1-2,5,13H,4H2. The number of nitriles is 2. The Morgan fingerprint density at radius 3 is 2.62 bits per heavy atom. The van der Waals surface area contributed by atoms with Crippen LogP contribution >= 0.6 is 0 Å². The Hall–Kier alpha value is -2.12. The summed E-state index contributed by atoms with van der Waals surface area (Å²) in [7, 11) is -3.77. The average molecular weight is 239 g/mol. The third kappa shape index (κ3) is 2.94. The second-order valence-electron chi connectivity index (χ2n) is 2.83. The molecule has 0 aliphatic heterocycles. The van der Waals surface area contributed by atoms with Gasteiger partial charge in [0.15, 0.2) is 5.75 Å². The minimum Gasteiger partial charge on any atom is -0.283 e. The van der Waals surface area contributed by atoms with Gasteiger partial charge in [-0.1, -0.05) is 0 Å². The summed E-state index contributed by atoms with van der Waals surface area (Å²) in [6.45, 7) is 0. The minimum absolute atomic E-state index is 0.0493. The van der Waals surface area contributed by atoms with Crippen LogP contribution in [0.2, 0.25) is 0 Å². The van der Waals surface area contributed by atoms with E-state index in [0.29, 0.717) is 0 Å². The maximum atomic E-state index is 12.9. The molecule has 0 atom stereocenters. The molecule has 16 heavy (non-hydrogen) atoms. The van der Waals surface area contributed by atoms with Crippen molar-refractivity contribution in [2.45, 2.75) is 0 Å². The fourth-order valence-electron chi connectivity index (χ4n) is 0.975. The molecule has 0 saturated heterocycles. The Morgan fingerprint density at radius 2 is 2.06 bits per heavy atom. The lowest BCUT2D eigenvalue weighted by molar-refractivity contribution is 0.604. The van der Waals surface area contributed by atoms with Gasteiger partial charge in [0.05, 0.1) is 17.3 Å². The highest BCUT2D eigenvalue weighted by atomic mass is 32.2. The lowest BCUT2D eigenvalue weighted by Crippen LogP contribution is -2.15. The second kappa shape index (κ2) is 4.60. The number of sulfonamides is 1. The van der Waals surface area contributed by atoms with Gasteiger partial charge in [0.1, 0.15) is 11.9 Å². The van der Waals surface area contributed by atoms with Crippen LogP contribution in [0, 0.1) is 28.5 Å². The Bertz CT molecular complexity index is 584. The Balaban J connectivity index is 3.02. The van der Waals surface area contributed by atoms with Gasteiger partial charge in [-0.15, -0.1) is 0 Å². The zero-order chi connectivity index (χ0) is 12.2. The fraction of sp³-hybridized carbons (Fsp3) is 0.111. The first-order valence-corrected chi connectivity index (χ1v) is 5.71. The van der Waals surface area contributed by atoms with Crippen molar-refractivity contribution in [2.75, 3.05) is 10.5 Å². The highest BCUT2D eigenvalue weighted by Gasteiger charge is 2.10. The summed E-state index contributed by atoms with van der Waals surface area (Å²) in [6, 6.07) is 6.26. The molecular formula is C9H6FN3O2S. The van der Waals surface area contributed by atoms with Gasteiger partial charge in [-0.2, -0.15) is 10.5 Å². The van der Waals surface area contributed by atoms with E-state index in [0.717, 1.165) is 12.1 Å². The van der Waals surface area contributed by atoms with E-state index in [9.17, 15) is 12.8 Å². The zero-order valence-electron chi connectivity index (χ0n) is 7.94. The molecule has 0 aliphatic carbocycles. The van der Waals surface area contributed by atoms with E-state index in [-0.39, 0.29) is 11.3 Å². The van der Waals surface area contributed by atoms with Crippen LogP contribution in [0.15, 0.2) is 18.2 Å². The van der Waals surface area contributed by atoms with Crippen LogP contribution in [0.4, 0.5) is 10.1 Å². The largest absolute Gasteiger partial charge is 0.283 e. The maximum absolute atomic E-state index is 12.9. The average Bonchev–Trinajstić information content (AvgIpc) is 2.20. The van der Waals surface area contributed by atoms with Crippen molar-refractivity contribution in [2.24, 2.45) is 0 Å². The van der Waals surface area contributed by atoms with Crippen LogP contribution in [0.5, 0.6) is 0 Å². The summed E-state index contributed by atoms with van der Waals surface area (Å²) >= 11 is 0. The van der Waals surface area contributed by atoms with Crippen molar-refractivity contribution < 1.29 is 12.8 Å². The number of benzene rings is 1. The zero-order valence-corrected chi connectivity index (χ0v) is 8.75. The molecule has 0 aliphatic rings. The van der Waals surface area contributed by atoms with Crippen LogP contribution in [-0.4, -0.2) is 14.2 Å². The van der Waals surface area contributed by atoms with E-state index in [1.54, 1.807) is 6.07 Å². The van der Waals surface area contributed by atoms with Crippen molar-refractivity contribution in [3.05, 3.63) is 29.6 Å². The lowest BCUT2D eigenvalue weighted by Gasteiger charge is -2.05. The first kappa shape index (κ1) is 12.0. The topological polar surface area (TPSA) is 93.8 Å². The first-order chi connectivity index (χ1) is 7.48. The number of nitrogens with one attached hydrogen (secondary N) is 1. The fourth-order valence-corrected chi connectivity index (χ4v) is 1.70. The molecule has 5 nitrogen and oxygen atoms in total. The molecule has 0 bridgehead atoms. The number of anilines is 1. The molecular weight excluding hydrogens is 233 g/mol. The van der Waals surface area contributed by atoms with Gasteiger partial charge in [0.25, 0.3) is 0 Å². The van der Waals surface area contributed by atoms with Gasteiger partial charge < -0.3 is 0 Å². The summed E-state index contributed by atoms with van der Waals surface area (Å²) in [4.78, 5) is 0. The molecule has 0 aromatic heterocycles. The van der Waals surface area contributed by atoms with E-state index in [2.05, 4.69) is 4.72 Å². The SMILES string of the molecule is N#CCS(=O)(=O)Nc1ccc(F)c(C#N)c1. The van der Waals surface area contributed by atoms with E-state index < -0.39 is 21.6 Å². The number of rotatable bonds is 3. The quantitative estimate of drug-likeness (QED) is 0.850. The molecule has 0 unspecified atom stereocenters. The first-order valence-electron chi connectivity index (χ1n) is 4.05. The third-order valence-corrected chi connectivity index (χ3v) is 2.67. The molecule has 0 fully saturated rings. The molecule has 0 heterocycles. The molecule has 0 radical (unpaired) electrons. The smallest absolute Gasteiger partial charge is 0.246 e. The van der Waals surface area contributed by atoms with Crippen LogP contribution < -0.4 is 4.72 Å². The predicted molar refractivity (Wildman–Crippen MR) is 54.1 cm³/mol. The van der Waals surface area contributed by atoms with Gasteiger partial charge in [-0.05, 0) is 18.2 Å². The van der Waals surface area contributed by atoms with Crippen molar-refractivity contribution in [3.8, 4) is 12.1 Å². The highest BCUT2D eigenvalue weighted by molar-refractivity contribution is 7.92. The monoisotopic (exact) mass is 239 g/mol. The number of hydrogen-bond acceptors (Lipinski definition) is 4.